The molecule has 0 radical (unpaired) electrons. The Morgan fingerprint density at radius 2 is 1.76 bits per heavy atom. The first kappa shape index (κ1) is 28.0. The first-order valence-electron chi connectivity index (χ1n) is 14.1. The van der Waals surface area contributed by atoms with Gasteiger partial charge in [0.1, 0.15) is 24.1 Å². The monoisotopic (exact) mass is 521 g/mol. The van der Waals surface area contributed by atoms with Crippen LogP contribution in [0.4, 0.5) is 0 Å². The quantitative estimate of drug-likeness (QED) is 0.620. The molecule has 2 aliphatic heterocycles. The van der Waals surface area contributed by atoms with Crippen LogP contribution in [0.2, 0.25) is 0 Å². The minimum absolute atomic E-state index is 0.00913. The van der Waals surface area contributed by atoms with Crippen LogP contribution >= 0.6 is 0 Å². The molecule has 38 heavy (non-hydrogen) atoms. The standard InChI is InChI=1S/C31H43N3O4/c1-23(2)38-28-14-7-5-12-26(28)22-34-19-16-31(17-20-34)15-9-8-11-25-10-4-6-13-27(25)37-21-18-32-29(35)24(3)33-30(31)36/h4-7,10,12-14,23-24H,8-9,11,15-22H2,1-3H3,(H,32,35)(H,33,36)/t24-/m0/s1. The van der Waals surface area contributed by atoms with Crippen molar-refractivity contribution < 1.29 is 19.1 Å². The van der Waals surface area contributed by atoms with Crippen molar-refractivity contribution in [1.29, 1.82) is 0 Å². The fourth-order valence-electron chi connectivity index (χ4n) is 5.51. The highest BCUT2D eigenvalue weighted by Crippen LogP contribution is 2.38. The first-order chi connectivity index (χ1) is 18.4. The number of carbonyl (C=O) groups excluding carboxylic acids is 2. The van der Waals surface area contributed by atoms with E-state index in [0.29, 0.717) is 13.2 Å². The third kappa shape index (κ3) is 7.28. The van der Waals surface area contributed by atoms with Crippen molar-refractivity contribution in [3.05, 3.63) is 59.7 Å². The summed E-state index contributed by atoms with van der Waals surface area (Å²) < 4.78 is 12.0. The van der Waals surface area contributed by atoms with Crippen molar-refractivity contribution in [3.63, 3.8) is 0 Å². The fourth-order valence-corrected chi connectivity index (χ4v) is 5.51. The molecule has 2 aromatic rings. The molecule has 1 fully saturated rings. The molecular formula is C31H43N3O4. The molecular weight excluding hydrogens is 478 g/mol. The molecule has 0 bridgehead atoms. The van der Waals surface area contributed by atoms with Crippen LogP contribution in [0.5, 0.6) is 11.5 Å². The van der Waals surface area contributed by atoms with Crippen LogP contribution in [0.15, 0.2) is 48.5 Å². The van der Waals surface area contributed by atoms with Crippen LogP contribution in [0.1, 0.15) is 64.0 Å². The molecule has 1 spiro atoms. The van der Waals surface area contributed by atoms with Gasteiger partial charge in [-0.25, -0.2) is 0 Å². The number of hydrogen-bond donors (Lipinski definition) is 2. The van der Waals surface area contributed by atoms with E-state index >= 15 is 0 Å². The van der Waals surface area contributed by atoms with E-state index in [1.165, 1.54) is 11.1 Å². The van der Waals surface area contributed by atoms with Crippen molar-refractivity contribution in [3.8, 4) is 11.5 Å². The van der Waals surface area contributed by atoms with Crippen molar-refractivity contribution in [1.82, 2.24) is 15.5 Å². The lowest BCUT2D eigenvalue weighted by molar-refractivity contribution is -0.138. The van der Waals surface area contributed by atoms with E-state index < -0.39 is 11.5 Å². The number of rotatable bonds is 4. The highest BCUT2D eigenvalue weighted by atomic mass is 16.5. The molecule has 0 unspecified atom stereocenters. The number of ether oxygens (including phenoxy) is 2. The largest absolute Gasteiger partial charge is 0.491 e. The van der Waals surface area contributed by atoms with Crippen LogP contribution in [0.3, 0.4) is 0 Å². The number of carbonyl (C=O) groups is 2. The molecule has 206 valence electrons. The molecule has 0 saturated carbocycles. The average Bonchev–Trinajstić information content (AvgIpc) is 2.91. The van der Waals surface area contributed by atoms with Crippen LogP contribution in [0.25, 0.3) is 0 Å². The number of fused-ring (bicyclic) bond motifs is 1. The average molecular weight is 522 g/mol. The lowest BCUT2D eigenvalue weighted by Crippen LogP contribution is -2.53. The summed E-state index contributed by atoms with van der Waals surface area (Å²) in [5.41, 5.74) is 1.89. The van der Waals surface area contributed by atoms with Crippen LogP contribution in [0, 0.1) is 5.41 Å². The second kappa shape index (κ2) is 13.1. The van der Waals surface area contributed by atoms with Gasteiger partial charge in [0.25, 0.3) is 0 Å². The van der Waals surface area contributed by atoms with Gasteiger partial charge in [0.2, 0.25) is 11.8 Å². The first-order valence-corrected chi connectivity index (χ1v) is 14.1. The third-order valence-electron chi connectivity index (χ3n) is 7.75. The van der Waals surface area contributed by atoms with E-state index in [4.69, 9.17) is 9.47 Å². The number of piperidine rings is 1. The molecule has 7 nitrogen and oxygen atoms in total. The zero-order valence-electron chi connectivity index (χ0n) is 23.1. The van der Waals surface area contributed by atoms with Gasteiger partial charge < -0.3 is 20.1 Å². The normalized spacial score (nSPS) is 21.4. The summed E-state index contributed by atoms with van der Waals surface area (Å²) in [5, 5.41) is 5.94. The maximum Gasteiger partial charge on any atom is 0.242 e. The van der Waals surface area contributed by atoms with Crippen LogP contribution in [-0.4, -0.2) is 55.1 Å². The Labute approximate surface area is 227 Å². The Bertz CT molecular complexity index is 1080. The Balaban J connectivity index is 1.45. The van der Waals surface area contributed by atoms with E-state index in [1.54, 1.807) is 6.92 Å². The molecule has 7 heteroatoms. The topological polar surface area (TPSA) is 79.9 Å². The van der Waals surface area contributed by atoms with Crippen molar-refractivity contribution in [2.75, 3.05) is 26.2 Å². The van der Waals surface area contributed by atoms with Crippen LogP contribution < -0.4 is 20.1 Å². The maximum absolute atomic E-state index is 13.7. The van der Waals surface area contributed by atoms with E-state index in [0.717, 1.165) is 69.7 Å². The molecule has 2 heterocycles. The fraction of sp³-hybridized carbons (Fsp3) is 0.548. The number of likely N-dealkylation sites (tertiary alicyclic amines) is 1. The number of hydrogen-bond acceptors (Lipinski definition) is 5. The number of aryl methyl sites for hydroxylation is 1. The number of nitrogens with zero attached hydrogens (tertiary/aromatic N) is 1. The molecule has 2 amide bonds. The Morgan fingerprint density at radius 3 is 2.55 bits per heavy atom. The number of para-hydroxylation sites is 2. The minimum Gasteiger partial charge on any atom is -0.491 e. The Hall–Kier alpha value is -3.06. The van der Waals surface area contributed by atoms with Crippen molar-refractivity contribution >= 4 is 11.8 Å². The summed E-state index contributed by atoms with van der Waals surface area (Å²) in [6.07, 6.45) is 5.35. The number of amides is 2. The van der Waals surface area contributed by atoms with Gasteiger partial charge in [-0.15, -0.1) is 0 Å². The number of nitrogens with one attached hydrogen (secondary N) is 2. The maximum atomic E-state index is 13.7. The van der Waals surface area contributed by atoms with E-state index in [2.05, 4.69) is 33.7 Å². The second-order valence-electron chi connectivity index (χ2n) is 11.0. The van der Waals surface area contributed by atoms with E-state index in [9.17, 15) is 9.59 Å². The van der Waals surface area contributed by atoms with Crippen molar-refractivity contribution in [2.24, 2.45) is 5.41 Å². The van der Waals surface area contributed by atoms with Crippen LogP contribution in [-0.2, 0) is 22.6 Å². The zero-order valence-corrected chi connectivity index (χ0v) is 23.1. The smallest absolute Gasteiger partial charge is 0.242 e. The van der Waals surface area contributed by atoms with E-state index in [1.807, 2.05) is 44.2 Å². The molecule has 0 aliphatic carbocycles. The molecule has 1 atom stereocenters. The molecule has 0 aromatic heterocycles. The van der Waals surface area contributed by atoms with Gasteiger partial charge >= 0.3 is 0 Å². The zero-order chi connectivity index (χ0) is 27.0. The molecule has 2 aliphatic rings. The van der Waals surface area contributed by atoms with Gasteiger partial charge in [0.15, 0.2) is 0 Å². The Morgan fingerprint density at radius 1 is 1.03 bits per heavy atom. The SMILES string of the molecule is CC(C)Oc1ccccc1CN1CCC2(CCCCc3ccccc3OCCNC(=O)[C@H](C)NC2=O)CC1. The predicted molar refractivity (Wildman–Crippen MR) is 149 cm³/mol. The summed E-state index contributed by atoms with van der Waals surface area (Å²) >= 11 is 0. The van der Waals surface area contributed by atoms with Gasteiger partial charge in [-0.3, -0.25) is 14.5 Å². The molecule has 4 rings (SSSR count). The van der Waals surface area contributed by atoms with Crippen molar-refractivity contribution in [2.45, 2.75) is 78.0 Å². The summed E-state index contributed by atoms with van der Waals surface area (Å²) in [6.45, 7) is 9.11. The van der Waals surface area contributed by atoms with E-state index in [-0.39, 0.29) is 17.9 Å². The molecule has 1 saturated heterocycles. The number of benzene rings is 2. The van der Waals surface area contributed by atoms with Gasteiger partial charge in [0, 0.05) is 12.1 Å². The second-order valence-corrected chi connectivity index (χ2v) is 11.0. The minimum atomic E-state index is -0.588. The lowest BCUT2D eigenvalue weighted by atomic mass is 9.73. The summed E-state index contributed by atoms with van der Waals surface area (Å²) in [6, 6.07) is 15.7. The summed E-state index contributed by atoms with van der Waals surface area (Å²) in [5.74, 6) is 1.64. The van der Waals surface area contributed by atoms with Gasteiger partial charge in [0.05, 0.1) is 18.1 Å². The Kier molecular flexibility index (Phi) is 9.67. The third-order valence-corrected chi connectivity index (χ3v) is 7.75. The highest BCUT2D eigenvalue weighted by Gasteiger charge is 2.41. The summed E-state index contributed by atoms with van der Waals surface area (Å²) in [4.78, 5) is 28.8. The highest BCUT2D eigenvalue weighted by molar-refractivity contribution is 5.90. The van der Waals surface area contributed by atoms with Gasteiger partial charge in [-0.1, -0.05) is 42.8 Å². The summed E-state index contributed by atoms with van der Waals surface area (Å²) in [7, 11) is 0. The van der Waals surface area contributed by atoms with Gasteiger partial charge in [-0.2, -0.15) is 0 Å². The predicted octanol–water partition coefficient (Wildman–Crippen LogP) is 4.48. The molecule has 2 aromatic carbocycles. The van der Waals surface area contributed by atoms with Gasteiger partial charge in [-0.05, 0) is 83.7 Å². The molecule has 2 N–H and O–H groups in total. The lowest BCUT2D eigenvalue weighted by Gasteiger charge is -2.41.